The fourth-order valence-electron chi connectivity index (χ4n) is 3.77. The van der Waals surface area contributed by atoms with Gasteiger partial charge in [0.05, 0.1) is 18.4 Å². The van der Waals surface area contributed by atoms with Gasteiger partial charge in [-0.1, -0.05) is 5.16 Å². The van der Waals surface area contributed by atoms with Crippen LogP contribution < -0.4 is 5.32 Å². The van der Waals surface area contributed by atoms with Crippen molar-refractivity contribution in [1.29, 1.82) is 0 Å². The summed E-state index contributed by atoms with van der Waals surface area (Å²) in [4.78, 5) is 18.5. The summed E-state index contributed by atoms with van der Waals surface area (Å²) in [6.07, 6.45) is 3.50. The molecule has 1 N–H and O–H groups in total. The normalized spacial score (nSPS) is 25.9. The number of likely N-dealkylation sites (tertiary alicyclic amines) is 1. The quantitative estimate of drug-likeness (QED) is 0.881. The fraction of sp³-hybridized carbons (Fsp3) is 0.500. The molecule has 4 heterocycles. The predicted molar refractivity (Wildman–Crippen MR) is 89.8 cm³/mol. The highest BCUT2D eigenvalue weighted by molar-refractivity contribution is 5.93. The molecule has 0 aliphatic carbocycles. The largest absolute Gasteiger partial charge is 0.376 e. The Bertz CT molecular complexity index is 733. The third-order valence-corrected chi connectivity index (χ3v) is 5.04. The first-order valence-electron chi connectivity index (χ1n) is 8.63. The molecule has 0 spiro atoms. The lowest BCUT2D eigenvalue weighted by Crippen LogP contribution is -2.34. The van der Waals surface area contributed by atoms with Gasteiger partial charge in [-0.25, -0.2) is 0 Å². The molecule has 2 saturated heterocycles. The molecule has 0 aromatic carbocycles. The Balaban J connectivity index is 1.30. The zero-order valence-corrected chi connectivity index (χ0v) is 14.2. The molecule has 7 nitrogen and oxygen atoms in total. The smallest absolute Gasteiger partial charge is 0.251 e. The summed E-state index contributed by atoms with van der Waals surface area (Å²) in [5.74, 6) is 1.58. The number of hydrogen-bond donors (Lipinski definition) is 1. The maximum absolute atomic E-state index is 12.2. The zero-order valence-electron chi connectivity index (χ0n) is 14.2. The van der Waals surface area contributed by atoms with Crippen LogP contribution in [-0.2, 0) is 11.3 Å². The summed E-state index contributed by atoms with van der Waals surface area (Å²) in [6.45, 7) is 5.91. The Kier molecular flexibility index (Phi) is 4.50. The highest BCUT2D eigenvalue weighted by Crippen LogP contribution is 2.34. The van der Waals surface area contributed by atoms with E-state index in [9.17, 15) is 4.79 Å². The van der Waals surface area contributed by atoms with E-state index in [-0.39, 0.29) is 12.0 Å². The molecule has 2 aromatic heterocycles. The Morgan fingerprint density at radius 1 is 1.36 bits per heavy atom. The highest BCUT2D eigenvalue weighted by atomic mass is 16.5. The van der Waals surface area contributed by atoms with Gasteiger partial charge in [0, 0.05) is 62.0 Å². The first kappa shape index (κ1) is 16.2. The molecule has 25 heavy (non-hydrogen) atoms. The average Bonchev–Trinajstić information content (AvgIpc) is 3.30. The molecule has 7 heteroatoms. The molecular formula is C18H22N4O3. The van der Waals surface area contributed by atoms with Crippen molar-refractivity contribution in [1.82, 2.24) is 20.4 Å². The molecule has 2 aromatic rings. The fourth-order valence-corrected chi connectivity index (χ4v) is 3.77. The van der Waals surface area contributed by atoms with Gasteiger partial charge in [0.15, 0.2) is 0 Å². The molecule has 2 aliphatic heterocycles. The van der Waals surface area contributed by atoms with Gasteiger partial charge in [0.2, 0.25) is 0 Å². The van der Waals surface area contributed by atoms with E-state index in [1.807, 2.05) is 13.0 Å². The summed E-state index contributed by atoms with van der Waals surface area (Å²) in [5.41, 5.74) is 1.60. The van der Waals surface area contributed by atoms with Gasteiger partial charge >= 0.3 is 0 Å². The van der Waals surface area contributed by atoms with Crippen molar-refractivity contribution in [2.24, 2.45) is 11.8 Å². The summed E-state index contributed by atoms with van der Waals surface area (Å²) in [7, 11) is 0. The lowest BCUT2D eigenvalue weighted by atomic mass is 9.93. The van der Waals surface area contributed by atoms with Gasteiger partial charge in [0.1, 0.15) is 5.76 Å². The van der Waals surface area contributed by atoms with E-state index in [1.165, 1.54) is 0 Å². The molecular weight excluding hydrogens is 320 g/mol. The average molecular weight is 342 g/mol. The van der Waals surface area contributed by atoms with Gasteiger partial charge < -0.3 is 14.6 Å². The molecule has 4 rings (SSSR count). The number of hydrogen-bond acceptors (Lipinski definition) is 6. The summed E-state index contributed by atoms with van der Waals surface area (Å²) >= 11 is 0. The van der Waals surface area contributed by atoms with Crippen LogP contribution in [0.1, 0.15) is 21.8 Å². The number of carbonyl (C=O) groups is 1. The molecule has 0 unspecified atom stereocenters. The van der Waals surface area contributed by atoms with E-state index in [1.54, 1.807) is 24.5 Å². The van der Waals surface area contributed by atoms with Crippen LogP contribution in [0.25, 0.3) is 0 Å². The number of carbonyl (C=O) groups excluding carboxylic acids is 1. The van der Waals surface area contributed by atoms with Crippen molar-refractivity contribution < 1.29 is 14.1 Å². The van der Waals surface area contributed by atoms with E-state index in [0.29, 0.717) is 30.6 Å². The molecule has 0 saturated carbocycles. The second-order valence-electron chi connectivity index (χ2n) is 6.86. The van der Waals surface area contributed by atoms with Crippen molar-refractivity contribution in [2.45, 2.75) is 19.6 Å². The Labute approximate surface area is 146 Å². The molecule has 2 fully saturated rings. The van der Waals surface area contributed by atoms with Crippen LogP contribution in [0.4, 0.5) is 0 Å². The predicted octanol–water partition coefficient (Wildman–Crippen LogP) is 1.25. The Morgan fingerprint density at radius 3 is 2.96 bits per heavy atom. The first-order valence-corrected chi connectivity index (χ1v) is 8.63. The van der Waals surface area contributed by atoms with E-state index in [2.05, 4.69) is 20.4 Å². The number of nitrogens with zero attached hydrogens (tertiary/aromatic N) is 3. The van der Waals surface area contributed by atoms with Crippen LogP contribution in [0.15, 0.2) is 35.1 Å². The number of ether oxygens (including phenoxy) is 1. The minimum absolute atomic E-state index is 0.0567. The molecule has 0 bridgehead atoms. The van der Waals surface area contributed by atoms with Gasteiger partial charge in [0.25, 0.3) is 5.91 Å². The highest BCUT2D eigenvalue weighted by Gasteiger charge is 2.43. The van der Waals surface area contributed by atoms with Crippen molar-refractivity contribution in [2.75, 3.05) is 26.2 Å². The van der Waals surface area contributed by atoms with E-state index < -0.39 is 0 Å². The molecule has 1 amide bonds. The van der Waals surface area contributed by atoms with Gasteiger partial charge in [-0.15, -0.1) is 0 Å². The monoisotopic (exact) mass is 342 g/mol. The number of amides is 1. The van der Waals surface area contributed by atoms with E-state index >= 15 is 0 Å². The maximum atomic E-state index is 12.2. The molecule has 2 aliphatic rings. The van der Waals surface area contributed by atoms with Crippen LogP contribution in [0, 0.1) is 18.8 Å². The second-order valence-corrected chi connectivity index (χ2v) is 6.86. The number of pyridine rings is 1. The Hall–Kier alpha value is -2.25. The SMILES string of the molecule is Cc1cc(CN2C[C@H]3[C@@H](CNC(=O)c4ccncc4)CO[C@H]3C2)no1. The van der Waals surface area contributed by atoms with Gasteiger partial charge in [-0.3, -0.25) is 14.7 Å². The minimum atomic E-state index is -0.0567. The summed E-state index contributed by atoms with van der Waals surface area (Å²) in [6, 6.07) is 5.42. The molecule has 132 valence electrons. The molecule has 3 atom stereocenters. The number of aromatic nitrogens is 2. The van der Waals surface area contributed by atoms with Crippen molar-refractivity contribution >= 4 is 5.91 Å². The standard InChI is InChI=1S/C18H22N4O3/c1-12-6-15(21-25-12)8-22-9-16-14(11-24-17(16)10-22)7-20-18(23)13-2-4-19-5-3-13/h2-6,14,16-17H,7-11H2,1H3,(H,20,23)/t14-,16-,17-/m0/s1. The first-order chi connectivity index (χ1) is 12.2. The maximum Gasteiger partial charge on any atom is 0.251 e. The summed E-state index contributed by atoms with van der Waals surface area (Å²) < 4.78 is 11.1. The lowest BCUT2D eigenvalue weighted by molar-refractivity contribution is 0.0901. The Morgan fingerprint density at radius 2 is 2.20 bits per heavy atom. The van der Waals surface area contributed by atoms with Gasteiger partial charge in [-0.05, 0) is 19.1 Å². The van der Waals surface area contributed by atoms with Crippen molar-refractivity contribution in [3.63, 3.8) is 0 Å². The topological polar surface area (TPSA) is 80.5 Å². The van der Waals surface area contributed by atoms with E-state index in [0.717, 1.165) is 31.1 Å². The number of aryl methyl sites for hydroxylation is 1. The minimum Gasteiger partial charge on any atom is -0.376 e. The van der Waals surface area contributed by atoms with Gasteiger partial charge in [-0.2, -0.15) is 0 Å². The van der Waals surface area contributed by atoms with Crippen LogP contribution in [0.3, 0.4) is 0 Å². The summed E-state index contributed by atoms with van der Waals surface area (Å²) in [5, 5.41) is 7.09. The van der Waals surface area contributed by atoms with Crippen LogP contribution >= 0.6 is 0 Å². The van der Waals surface area contributed by atoms with Crippen molar-refractivity contribution in [3.05, 3.63) is 47.6 Å². The van der Waals surface area contributed by atoms with Crippen molar-refractivity contribution in [3.8, 4) is 0 Å². The van der Waals surface area contributed by atoms with Crippen LogP contribution in [0.2, 0.25) is 0 Å². The molecule has 0 radical (unpaired) electrons. The zero-order chi connectivity index (χ0) is 17.2. The third kappa shape index (κ3) is 3.57. The van der Waals surface area contributed by atoms with Crippen LogP contribution in [0.5, 0.6) is 0 Å². The number of rotatable bonds is 5. The van der Waals surface area contributed by atoms with Crippen LogP contribution in [-0.4, -0.2) is 53.3 Å². The second kappa shape index (κ2) is 6.93. The lowest BCUT2D eigenvalue weighted by Gasteiger charge is -2.19. The number of fused-ring (bicyclic) bond motifs is 1. The third-order valence-electron chi connectivity index (χ3n) is 5.04. The number of nitrogens with one attached hydrogen (secondary N) is 1. The van der Waals surface area contributed by atoms with E-state index in [4.69, 9.17) is 9.26 Å².